The molecular weight excluding hydrogens is 366 g/mol. The van der Waals surface area contributed by atoms with Crippen molar-refractivity contribution in [3.63, 3.8) is 0 Å². The van der Waals surface area contributed by atoms with Gasteiger partial charge in [0.2, 0.25) is 10.0 Å². The number of hydrogen-bond donors (Lipinski definition) is 0. The fourth-order valence-electron chi connectivity index (χ4n) is 3.85. The van der Waals surface area contributed by atoms with Crippen LogP contribution in [-0.4, -0.2) is 54.9 Å². The Morgan fingerprint density at radius 2 is 1.81 bits per heavy atom. The summed E-state index contributed by atoms with van der Waals surface area (Å²) in [5, 5.41) is 4.41. The highest BCUT2D eigenvalue weighted by atomic mass is 32.2. The maximum Gasteiger partial charge on any atom is 0.276 e. The third-order valence-corrected chi connectivity index (χ3v) is 7.56. The van der Waals surface area contributed by atoms with Crippen LogP contribution in [0.25, 0.3) is 11.0 Å². The van der Waals surface area contributed by atoms with Gasteiger partial charge in [-0.2, -0.15) is 4.31 Å². The first-order chi connectivity index (χ1) is 13.0. The summed E-state index contributed by atoms with van der Waals surface area (Å²) in [5.74, 6) is 0.362. The largest absolute Gasteiger partial charge is 0.355 e. The number of amides is 1. The number of nitrogens with zero attached hydrogens (tertiary/aromatic N) is 3. The van der Waals surface area contributed by atoms with Crippen molar-refractivity contribution < 1.29 is 17.7 Å². The van der Waals surface area contributed by atoms with E-state index >= 15 is 0 Å². The molecule has 1 amide bonds. The van der Waals surface area contributed by atoms with Crippen molar-refractivity contribution in [2.75, 3.05) is 26.2 Å². The number of hydrogen-bond acceptors (Lipinski definition) is 5. The second kappa shape index (κ2) is 7.24. The highest BCUT2D eigenvalue weighted by Gasteiger charge is 2.30. The molecule has 7 nitrogen and oxygen atoms in total. The van der Waals surface area contributed by atoms with E-state index in [4.69, 9.17) is 4.52 Å². The molecule has 0 radical (unpaired) electrons. The Kier molecular flexibility index (Phi) is 4.94. The maximum absolute atomic E-state index is 13.0. The van der Waals surface area contributed by atoms with Crippen molar-refractivity contribution in [3.8, 4) is 0 Å². The molecule has 0 atom stereocenters. The molecule has 4 rings (SSSR count). The lowest BCUT2D eigenvalue weighted by Gasteiger charge is -2.29. The minimum absolute atomic E-state index is 0.185. The molecule has 1 aromatic heterocycles. The lowest BCUT2D eigenvalue weighted by Crippen LogP contribution is -2.37. The first-order valence-electron chi connectivity index (χ1n) is 9.65. The van der Waals surface area contributed by atoms with E-state index in [1.807, 2.05) is 0 Å². The Balaban J connectivity index is 1.66. The minimum Gasteiger partial charge on any atom is -0.355 e. The summed E-state index contributed by atoms with van der Waals surface area (Å²) in [5.41, 5.74) is 0.637. The van der Waals surface area contributed by atoms with Crippen molar-refractivity contribution in [1.82, 2.24) is 14.4 Å². The van der Waals surface area contributed by atoms with Gasteiger partial charge < -0.3 is 9.42 Å². The molecule has 0 unspecified atom stereocenters. The molecule has 1 aromatic carbocycles. The Hall–Kier alpha value is -1.93. The monoisotopic (exact) mass is 391 g/mol. The zero-order valence-electron chi connectivity index (χ0n) is 15.6. The number of aromatic nitrogens is 1. The second-order valence-electron chi connectivity index (χ2n) is 7.63. The summed E-state index contributed by atoms with van der Waals surface area (Å²) in [7, 11) is -3.58. The van der Waals surface area contributed by atoms with Crippen LogP contribution in [0.2, 0.25) is 0 Å². The predicted molar refractivity (Wildman–Crippen MR) is 101 cm³/mol. The Labute approximate surface area is 159 Å². The van der Waals surface area contributed by atoms with Gasteiger partial charge in [0.15, 0.2) is 11.3 Å². The summed E-state index contributed by atoms with van der Waals surface area (Å²) < 4.78 is 32.9. The van der Waals surface area contributed by atoms with E-state index < -0.39 is 10.0 Å². The van der Waals surface area contributed by atoms with E-state index in [1.54, 1.807) is 11.0 Å². The molecule has 0 bridgehead atoms. The molecule has 3 heterocycles. The van der Waals surface area contributed by atoms with Gasteiger partial charge in [-0.25, -0.2) is 8.42 Å². The predicted octanol–water partition coefficient (Wildman–Crippen LogP) is 2.87. The Morgan fingerprint density at radius 3 is 2.52 bits per heavy atom. The van der Waals surface area contributed by atoms with Crippen molar-refractivity contribution >= 4 is 26.9 Å². The van der Waals surface area contributed by atoms with Crippen LogP contribution in [0.15, 0.2) is 27.6 Å². The molecule has 0 aliphatic carbocycles. The topological polar surface area (TPSA) is 83.7 Å². The first-order valence-corrected chi connectivity index (χ1v) is 11.1. The average molecular weight is 391 g/mol. The number of likely N-dealkylation sites (tertiary alicyclic amines) is 1. The van der Waals surface area contributed by atoms with Crippen LogP contribution in [0.3, 0.4) is 0 Å². The van der Waals surface area contributed by atoms with E-state index in [1.165, 1.54) is 16.4 Å². The van der Waals surface area contributed by atoms with Crippen LogP contribution in [0.1, 0.15) is 49.5 Å². The molecule has 2 saturated heterocycles. The van der Waals surface area contributed by atoms with Gasteiger partial charge >= 0.3 is 0 Å². The van der Waals surface area contributed by atoms with E-state index in [9.17, 15) is 13.2 Å². The van der Waals surface area contributed by atoms with Gasteiger partial charge in [0, 0.05) is 26.2 Å². The molecule has 8 heteroatoms. The molecule has 2 aliphatic rings. The number of fused-ring (bicyclic) bond motifs is 1. The highest BCUT2D eigenvalue weighted by molar-refractivity contribution is 7.89. The van der Waals surface area contributed by atoms with Crippen LogP contribution in [0.5, 0.6) is 0 Å². The van der Waals surface area contributed by atoms with Gasteiger partial charge in [0.1, 0.15) is 0 Å². The number of rotatable bonds is 3. The third-order valence-electron chi connectivity index (χ3n) is 5.67. The van der Waals surface area contributed by atoms with Crippen molar-refractivity contribution in [2.24, 2.45) is 5.92 Å². The smallest absolute Gasteiger partial charge is 0.276 e. The number of carbonyl (C=O) groups is 1. The quantitative estimate of drug-likeness (QED) is 0.803. The van der Waals surface area contributed by atoms with Gasteiger partial charge in [-0.05, 0) is 56.2 Å². The first kappa shape index (κ1) is 18.4. The van der Waals surface area contributed by atoms with E-state index in [0.29, 0.717) is 43.1 Å². The molecule has 146 valence electrons. The number of benzene rings is 1. The van der Waals surface area contributed by atoms with Gasteiger partial charge in [-0.15, -0.1) is 0 Å². The van der Waals surface area contributed by atoms with Gasteiger partial charge in [0.05, 0.1) is 10.3 Å². The summed E-state index contributed by atoms with van der Waals surface area (Å²) in [6, 6.07) is 4.67. The van der Waals surface area contributed by atoms with Gasteiger partial charge in [0.25, 0.3) is 5.91 Å². The normalized spacial score (nSPS) is 20.3. The molecule has 2 aromatic rings. The zero-order chi connectivity index (χ0) is 19.0. The van der Waals surface area contributed by atoms with Crippen LogP contribution in [0, 0.1) is 5.92 Å². The van der Waals surface area contributed by atoms with Crippen molar-refractivity contribution in [1.29, 1.82) is 0 Å². The molecule has 2 fully saturated rings. The molecule has 27 heavy (non-hydrogen) atoms. The molecule has 0 N–H and O–H groups in total. The number of sulfonamides is 1. The Bertz CT molecular complexity index is 939. The summed E-state index contributed by atoms with van der Waals surface area (Å²) in [4.78, 5) is 14.8. The fourth-order valence-corrected chi connectivity index (χ4v) is 5.35. The summed E-state index contributed by atoms with van der Waals surface area (Å²) in [6.45, 7) is 4.62. The lowest BCUT2D eigenvalue weighted by atomic mass is 10.0. The van der Waals surface area contributed by atoms with Crippen molar-refractivity contribution in [3.05, 3.63) is 23.9 Å². The zero-order valence-corrected chi connectivity index (χ0v) is 16.4. The summed E-state index contributed by atoms with van der Waals surface area (Å²) >= 11 is 0. The van der Waals surface area contributed by atoms with Crippen LogP contribution < -0.4 is 0 Å². The maximum atomic E-state index is 13.0. The third kappa shape index (κ3) is 3.48. The molecular formula is C19H25N3O4S. The minimum atomic E-state index is -3.58. The van der Waals surface area contributed by atoms with Crippen LogP contribution >= 0.6 is 0 Å². The molecule has 2 aliphatic heterocycles. The van der Waals surface area contributed by atoms with Crippen LogP contribution in [0.4, 0.5) is 0 Å². The fraction of sp³-hybridized carbons (Fsp3) is 0.579. The number of carbonyl (C=O) groups excluding carboxylic acids is 1. The Morgan fingerprint density at radius 1 is 1.11 bits per heavy atom. The van der Waals surface area contributed by atoms with Gasteiger partial charge in [-0.1, -0.05) is 12.1 Å². The second-order valence-corrected chi connectivity index (χ2v) is 9.57. The average Bonchev–Trinajstić information content (AvgIpc) is 3.11. The molecule has 0 spiro atoms. The van der Waals surface area contributed by atoms with Gasteiger partial charge in [-0.3, -0.25) is 4.79 Å². The number of piperidine rings is 2. The van der Waals surface area contributed by atoms with E-state index in [-0.39, 0.29) is 16.5 Å². The lowest BCUT2D eigenvalue weighted by molar-refractivity contribution is 0.0716. The summed E-state index contributed by atoms with van der Waals surface area (Å²) in [6.07, 6.45) is 4.82. The van der Waals surface area contributed by atoms with E-state index in [0.717, 1.165) is 32.1 Å². The van der Waals surface area contributed by atoms with Crippen molar-refractivity contribution in [2.45, 2.75) is 43.9 Å². The van der Waals surface area contributed by atoms with E-state index in [2.05, 4.69) is 12.1 Å². The van der Waals surface area contributed by atoms with Crippen LogP contribution in [-0.2, 0) is 10.0 Å². The SMILES string of the molecule is CC1CCN(S(=O)(=O)c2ccc3onc(C(=O)N4CCCCC4)c3c2)CC1. The molecule has 0 saturated carbocycles. The highest BCUT2D eigenvalue weighted by Crippen LogP contribution is 2.28. The standard InChI is InChI=1S/C19H25N3O4S/c1-14-7-11-22(12-8-14)27(24,25)15-5-6-17-16(13-15)18(20-26-17)19(23)21-9-3-2-4-10-21/h5-6,13-14H,2-4,7-12H2,1H3.